The number of nitrogens with zero attached hydrogens (tertiary/aromatic N) is 3. The molecule has 0 radical (unpaired) electrons. The van der Waals surface area contributed by atoms with Crippen molar-refractivity contribution in [2.45, 2.75) is 65.3 Å². The van der Waals surface area contributed by atoms with Gasteiger partial charge in [-0.3, -0.25) is 14.4 Å². The van der Waals surface area contributed by atoms with Crippen molar-refractivity contribution < 1.29 is 14.3 Å². The van der Waals surface area contributed by atoms with Crippen molar-refractivity contribution in [2.75, 3.05) is 33.7 Å². The molecule has 0 spiro atoms. The Balaban J connectivity index is 1.64. The number of fused-ring (bicyclic) bond motifs is 1. The van der Waals surface area contributed by atoms with Crippen LogP contribution in [-0.4, -0.2) is 70.9 Å². The van der Waals surface area contributed by atoms with Crippen molar-refractivity contribution >= 4 is 22.7 Å². The highest BCUT2D eigenvalue weighted by Crippen LogP contribution is 2.40. The van der Waals surface area contributed by atoms with Crippen molar-refractivity contribution in [2.24, 2.45) is 7.05 Å². The SMILES string of the molecule is CCNC(=O)c1cc2c(-c3ccc(C(=O)N(CCCN(C)C)C4CCCCC4)cc3Oc3c(C)cccc3C)cn(C)c(=O)c2[nH]1. The zero-order valence-electron chi connectivity index (χ0n) is 28.0. The predicted octanol–water partition coefficient (Wildman–Crippen LogP) is 6.42. The Morgan fingerprint density at radius 3 is 2.39 bits per heavy atom. The maximum absolute atomic E-state index is 14.3. The first kappa shape index (κ1) is 33.0. The van der Waals surface area contributed by atoms with E-state index >= 15 is 0 Å². The third-order valence-electron chi connectivity index (χ3n) is 8.97. The Hall–Kier alpha value is -4.37. The lowest BCUT2D eigenvalue weighted by Gasteiger charge is -2.35. The summed E-state index contributed by atoms with van der Waals surface area (Å²) >= 11 is 0. The van der Waals surface area contributed by atoms with Crippen LogP contribution in [0.3, 0.4) is 0 Å². The normalized spacial score (nSPS) is 13.7. The molecule has 1 aliphatic carbocycles. The summed E-state index contributed by atoms with van der Waals surface area (Å²) in [5.41, 5.74) is 4.37. The molecule has 46 heavy (non-hydrogen) atoms. The number of carbonyl (C=O) groups excluding carboxylic acids is 2. The van der Waals surface area contributed by atoms with Gasteiger partial charge in [0.05, 0.1) is 0 Å². The van der Waals surface area contributed by atoms with Gasteiger partial charge in [0.1, 0.15) is 22.7 Å². The van der Waals surface area contributed by atoms with Crippen LogP contribution in [-0.2, 0) is 7.05 Å². The summed E-state index contributed by atoms with van der Waals surface area (Å²) in [7, 11) is 5.81. The Labute approximate surface area is 271 Å². The fourth-order valence-electron chi connectivity index (χ4n) is 6.52. The molecule has 2 N–H and O–H groups in total. The van der Waals surface area contributed by atoms with Crippen LogP contribution >= 0.6 is 0 Å². The van der Waals surface area contributed by atoms with Gasteiger partial charge < -0.3 is 29.4 Å². The molecule has 1 fully saturated rings. The third-order valence-corrected chi connectivity index (χ3v) is 8.97. The second kappa shape index (κ2) is 14.4. The number of hydrogen-bond donors (Lipinski definition) is 2. The number of pyridine rings is 1. The van der Waals surface area contributed by atoms with E-state index in [1.54, 1.807) is 19.3 Å². The average Bonchev–Trinajstić information content (AvgIpc) is 3.49. The number of benzene rings is 2. The smallest absolute Gasteiger partial charge is 0.274 e. The number of aromatic nitrogens is 2. The van der Waals surface area contributed by atoms with Crippen LogP contribution in [0, 0.1) is 13.8 Å². The number of amides is 2. The van der Waals surface area contributed by atoms with Gasteiger partial charge in [0.15, 0.2) is 0 Å². The van der Waals surface area contributed by atoms with Crippen molar-refractivity contribution in [1.82, 2.24) is 24.7 Å². The molecule has 9 heteroatoms. The van der Waals surface area contributed by atoms with Gasteiger partial charge in [0.25, 0.3) is 17.4 Å². The highest BCUT2D eigenvalue weighted by Gasteiger charge is 2.28. The van der Waals surface area contributed by atoms with Gasteiger partial charge >= 0.3 is 0 Å². The van der Waals surface area contributed by atoms with Crippen LogP contribution in [0.2, 0.25) is 0 Å². The van der Waals surface area contributed by atoms with Crippen LogP contribution in [0.15, 0.2) is 53.5 Å². The highest BCUT2D eigenvalue weighted by molar-refractivity contribution is 6.04. The molecule has 0 aliphatic heterocycles. The molecule has 0 bridgehead atoms. The largest absolute Gasteiger partial charge is 0.456 e. The maximum Gasteiger partial charge on any atom is 0.274 e. The first-order chi connectivity index (χ1) is 22.1. The Bertz CT molecular complexity index is 1760. The molecule has 2 aromatic carbocycles. The van der Waals surface area contributed by atoms with Crippen LogP contribution in [0.4, 0.5) is 0 Å². The van der Waals surface area contributed by atoms with Crippen LogP contribution in [0.25, 0.3) is 22.0 Å². The minimum absolute atomic E-state index is 0.00865. The molecule has 4 aromatic rings. The number of aromatic amines is 1. The number of nitrogens with one attached hydrogen (secondary N) is 2. The highest BCUT2D eigenvalue weighted by atomic mass is 16.5. The van der Waals surface area contributed by atoms with E-state index in [-0.39, 0.29) is 23.4 Å². The fraction of sp³-hybridized carbons (Fsp3) is 0.432. The van der Waals surface area contributed by atoms with Gasteiger partial charge in [0, 0.05) is 54.5 Å². The Morgan fingerprint density at radius 1 is 1.00 bits per heavy atom. The van der Waals surface area contributed by atoms with E-state index in [9.17, 15) is 14.4 Å². The van der Waals surface area contributed by atoms with Crippen molar-refractivity contribution in [1.29, 1.82) is 0 Å². The number of aryl methyl sites for hydroxylation is 3. The maximum atomic E-state index is 14.3. The molecular weight excluding hydrogens is 578 g/mol. The lowest BCUT2D eigenvalue weighted by atomic mass is 9.93. The zero-order chi connectivity index (χ0) is 33.0. The zero-order valence-corrected chi connectivity index (χ0v) is 28.0. The summed E-state index contributed by atoms with van der Waals surface area (Å²) in [6, 6.07) is 13.6. The van der Waals surface area contributed by atoms with Gasteiger partial charge in [-0.15, -0.1) is 0 Å². The van der Waals surface area contributed by atoms with Gasteiger partial charge in [0.2, 0.25) is 0 Å². The van der Waals surface area contributed by atoms with E-state index in [0.717, 1.165) is 66.7 Å². The summed E-state index contributed by atoms with van der Waals surface area (Å²) in [6.07, 6.45) is 8.21. The minimum Gasteiger partial charge on any atom is -0.456 e. The predicted molar refractivity (Wildman–Crippen MR) is 184 cm³/mol. The number of rotatable bonds is 11. The molecule has 0 atom stereocenters. The molecule has 244 valence electrons. The van der Waals surface area contributed by atoms with Crippen molar-refractivity contribution in [3.05, 3.63) is 81.4 Å². The Kier molecular flexibility index (Phi) is 10.3. The standard InChI is InChI=1S/C37H47N5O4/c1-7-38-35(43)31-22-29-30(23-41(6)37(45)33(29)39-31)28-18-17-26(21-32(28)46-34-24(2)13-11-14-25(34)3)36(44)42(20-12-19-40(4)5)27-15-9-8-10-16-27/h11,13-14,17-18,21-23,27,39H,7-10,12,15-16,19-20H2,1-6H3,(H,38,43). The number of H-pyrrole nitrogens is 1. The lowest BCUT2D eigenvalue weighted by molar-refractivity contribution is 0.0625. The molecule has 1 aliphatic rings. The van der Waals surface area contributed by atoms with Gasteiger partial charge in [-0.25, -0.2) is 0 Å². The second-order valence-electron chi connectivity index (χ2n) is 12.8. The molecular formula is C37H47N5O4. The Morgan fingerprint density at radius 2 is 1.72 bits per heavy atom. The molecule has 9 nitrogen and oxygen atoms in total. The number of para-hydroxylation sites is 1. The van der Waals surface area contributed by atoms with E-state index in [2.05, 4.69) is 34.2 Å². The van der Waals surface area contributed by atoms with Crippen LogP contribution in [0.5, 0.6) is 11.5 Å². The minimum atomic E-state index is -0.281. The summed E-state index contributed by atoms with van der Waals surface area (Å²) in [6.45, 7) is 7.93. The van der Waals surface area contributed by atoms with E-state index in [0.29, 0.717) is 41.0 Å². The summed E-state index contributed by atoms with van der Waals surface area (Å²) in [4.78, 5) is 47.5. The van der Waals surface area contributed by atoms with Crippen LogP contribution in [0.1, 0.15) is 77.4 Å². The molecule has 5 rings (SSSR count). The lowest BCUT2D eigenvalue weighted by Crippen LogP contribution is -2.42. The average molecular weight is 626 g/mol. The summed E-state index contributed by atoms with van der Waals surface area (Å²) < 4.78 is 8.22. The van der Waals surface area contributed by atoms with E-state index in [1.165, 1.54) is 11.0 Å². The van der Waals surface area contributed by atoms with Crippen molar-refractivity contribution in [3.63, 3.8) is 0 Å². The van der Waals surface area contributed by atoms with Crippen LogP contribution < -0.4 is 15.6 Å². The van der Waals surface area contributed by atoms with E-state index < -0.39 is 0 Å². The fourth-order valence-corrected chi connectivity index (χ4v) is 6.52. The molecule has 2 aromatic heterocycles. The van der Waals surface area contributed by atoms with E-state index in [4.69, 9.17) is 4.74 Å². The second-order valence-corrected chi connectivity index (χ2v) is 12.8. The van der Waals surface area contributed by atoms with E-state index in [1.807, 2.05) is 57.2 Å². The quantitative estimate of drug-likeness (QED) is 0.200. The first-order valence-electron chi connectivity index (χ1n) is 16.4. The first-order valence-corrected chi connectivity index (χ1v) is 16.4. The molecule has 2 amide bonds. The monoisotopic (exact) mass is 625 g/mol. The number of carbonyl (C=O) groups is 2. The molecule has 2 heterocycles. The third kappa shape index (κ3) is 7.04. The topological polar surface area (TPSA) is 99.7 Å². The molecule has 0 unspecified atom stereocenters. The van der Waals surface area contributed by atoms with Crippen molar-refractivity contribution in [3.8, 4) is 22.6 Å². The van der Waals surface area contributed by atoms with Gasteiger partial charge in [-0.2, -0.15) is 0 Å². The summed E-state index contributed by atoms with van der Waals surface area (Å²) in [5, 5.41) is 3.42. The summed E-state index contributed by atoms with van der Waals surface area (Å²) in [5.74, 6) is 0.966. The number of ether oxygens (including phenoxy) is 1. The number of hydrogen-bond acceptors (Lipinski definition) is 5. The molecule has 1 saturated carbocycles. The van der Waals surface area contributed by atoms with Gasteiger partial charge in [-0.05, 0) is 96.1 Å². The molecule has 0 saturated heterocycles. The van der Waals surface area contributed by atoms with Gasteiger partial charge in [-0.1, -0.05) is 37.5 Å².